The van der Waals surface area contributed by atoms with Crippen LogP contribution in [0.1, 0.15) is 5.56 Å². The molecule has 1 heterocycles. The van der Waals surface area contributed by atoms with Crippen molar-refractivity contribution >= 4 is 23.4 Å². The third-order valence-corrected chi connectivity index (χ3v) is 5.01. The smallest absolute Gasteiger partial charge is 0.234 e. The van der Waals surface area contributed by atoms with E-state index in [-0.39, 0.29) is 5.91 Å². The Kier molecular flexibility index (Phi) is 5.63. The average Bonchev–Trinajstić information content (AvgIpc) is 3.01. The average molecular weight is 367 g/mol. The van der Waals surface area contributed by atoms with E-state index in [9.17, 15) is 4.79 Å². The zero-order chi connectivity index (χ0) is 18.5. The van der Waals surface area contributed by atoms with Crippen LogP contribution in [0.15, 0.2) is 59.9 Å². The van der Waals surface area contributed by atoms with Crippen molar-refractivity contribution in [1.29, 1.82) is 0 Å². The fraction of sp³-hybridized carbons (Fsp3) is 0.200. The van der Waals surface area contributed by atoms with Crippen LogP contribution in [0.2, 0.25) is 0 Å². The Balaban J connectivity index is 1.63. The number of rotatable bonds is 6. The van der Waals surface area contributed by atoms with Crippen molar-refractivity contribution in [3.8, 4) is 17.0 Å². The summed E-state index contributed by atoms with van der Waals surface area (Å²) in [7, 11) is 3.60. The van der Waals surface area contributed by atoms with Crippen molar-refractivity contribution in [1.82, 2.24) is 9.55 Å². The van der Waals surface area contributed by atoms with Gasteiger partial charge in [-0.25, -0.2) is 4.98 Å². The van der Waals surface area contributed by atoms with E-state index in [1.54, 1.807) is 7.11 Å². The van der Waals surface area contributed by atoms with Gasteiger partial charge < -0.3 is 14.6 Å². The first-order chi connectivity index (χ1) is 12.6. The second-order valence-corrected chi connectivity index (χ2v) is 6.86. The highest BCUT2D eigenvalue weighted by Crippen LogP contribution is 2.26. The van der Waals surface area contributed by atoms with Gasteiger partial charge in [0.05, 0.1) is 24.8 Å². The SMILES string of the molecule is COc1ccc(-c2cnc(SCC(=O)Nc3cccc(C)c3)n2C)cc1. The highest BCUT2D eigenvalue weighted by molar-refractivity contribution is 7.99. The third kappa shape index (κ3) is 4.26. The number of carbonyl (C=O) groups excluding carboxylic acids is 1. The van der Waals surface area contributed by atoms with Gasteiger partial charge in [-0.15, -0.1) is 0 Å². The molecule has 0 atom stereocenters. The molecule has 2 aromatic carbocycles. The molecule has 0 unspecified atom stereocenters. The lowest BCUT2D eigenvalue weighted by Gasteiger charge is -2.08. The van der Waals surface area contributed by atoms with E-state index in [4.69, 9.17) is 4.74 Å². The Morgan fingerprint density at radius 1 is 1.23 bits per heavy atom. The molecule has 0 spiro atoms. The molecule has 0 bridgehead atoms. The summed E-state index contributed by atoms with van der Waals surface area (Å²) in [6.07, 6.45) is 1.82. The molecule has 0 radical (unpaired) electrons. The van der Waals surface area contributed by atoms with Crippen molar-refractivity contribution in [3.05, 3.63) is 60.3 Å². The van der Waals surface area contributed by atoms with E-state index >= 15 is 0 Å². The topological polar surface area (TPSA) is 56.1 Å². The Morgan fingerprint density at radius 2 is 2.00 bits per heavy atom. The van der Waals surface area contributed by atoms with Crippen molar-refractivity contribution < 1.29 is 9.53 Å². The van der Waals surface area contributed by atoms with Gasteiger partial charge in [-0.05, 0) is 48.9 Å². The molecule has 0 saturated heterocycles. The van der Waals surface area contributed by atoms with Gasteiger partial charge >= 0.3 is 0 Å². The Bertz CT molecular complexity index is 904. The van der Waals surface area contributed by atoms with Crippen LogP contribution in [0.4, 0.5) is 5.69 Å². The second kappa shape index (κ2) is 8.10. The van der Waals surface area contributed by atoms with Gasteiger partial charge in [0.25, 0.3) is 0 Å². The first kappa shape index (κ1) is 18.1. The largest absolute Gasteiger partial charge is 0.497 e. The number of hydrogen-bond donors (Lipinski definition) is 1. The minimum absolute atomic E-state index is 0.0467. The number of benzene rings is 2. The van der Waals surface area contributed by atoms with E-state index in [2.05, 4.69) is 10.3 Å². The minimum atomic E-state index is -0.0467. The summed E-state index contributed by atoms with van der Waals surface area (Å²) in [5.41, 5.74) is 3.98. The van der Waals surface area contributed by atoms with Crippen LogP contribution in [0, 0.1) is 6.92 Å². The zero-order valence-electron chi connectivity index (χ0n) is 15.0. The highest BCUT2D eigenvalue weighted by Gasteiger charge is 2.11. The number of anilines is 1. The molecule has 3 aromatic rings. The summed E-state index contributed by atoms with van der Waals surface area (Å²) < 4.78 is 7.18. The van der Waals surface area contributed by atoms with Crippen LogP contribution in [-0.4, -0.2) is 28.3 Å². The number of aromatic nitrogens is 2. The summed E-state index contributed by atoms with van der Waals surface area (Å²) in [4.78, 5) is 16.6. The maximum Gasteiger partial charge on any atom is 0.234 e. The highest BCUT2D eigenvalue weighted by atomic mass is 32.2. The Morgan fingerprint density at radius 3 is 2.69 bits per heavy atom. The number of thioether (sulfide) groups is 1. The second-order valence-electron chi connectivity index (χ2n) is 5.92. The predicted molar refractivity (Wildman–Crippen MR) is 106 cm³/mol. The molecule has 0 saturated carbocycles. The molecule has 0 fully saturated rings. The van der Waals surface area contributed by atoms with Crippen LogP contribution in [0.25, 0.3) is 11.3 Å². The third-order valence-electron chi connectivity index (χ3n) is 3.97. The lowest BCUT2D eigenvalue weighted by atomic mass is 10.1. The summed E-state index contributed by atoms with van der Waals surface area (Å²) >= 11 is 1.42. The molecule has 26 heavy (non-hydrogen) atoms. The molecule has 3 rings (SSSR count). The van der Waals surface area contributed by atoms with Gasteiger partial charge in [-0.2, -0.15) is 0 Å². The van der Waals surface area contributed by atoms with E-state index < -0.39 is 0 Å². The van der Waals surface area contributed by atoms with E-state index in [0.29, 0.717) is 5.75 Å². The number of carbonyl (C=O) groups is 1. The molecule has 1 amide bonds. The molecule has 0 aliphatic carbocycles. The quantitative estimate of drug-likeness (QED) is 0.666. The van der Waals surface area contributed by atoms with Gasteiger partial charge in [0.2, 0.25) is 5.91 Å². The molecular formula is C20H21N3O2S. The number of ether oxygens (including phenoxy) is 1. The summed E-state index contributed by atoms with van der Waals surface area (Å²) in [6, 6.07) is 15.6. The molecule has 0 aliphatic heterocycles. The van der Waals surface area contributed by atoms with E-state index in [1.807, 2.05) is 73.3 Å². The maximum atomic E-state index is 12.2. The first-order valence-corrected chi connectivity index (χ1v) is 9.21. The molecule has 6 heteroatoms. The maximum absolute atomic E-state index is 12.2. The summed E-state index contributed by atoms with van der Waals surface area (Å²) in [6.45, 7) is 2.00. The van der Waals surface area contributed by atoms with Crippen LogP contribution in [0.5, 0.6) is 5.75 Å². The number of nitrogens with one attached hydrogen (secondary N) is 1. The predicted octanol–water partition coefficient (Wildman–Crippen LogP) is 4.13. The molecule has 134 valence electrons. The van der Waals surface area contributed by atoms with Gasteiger partial charge in [0, 0.05) is 18.3 Å². The number of aryl methyl sites for hydroxylation is 1. The molecule has 5 nitrogen and oxygen atoms in total. The number of hydrogen-bond acceptors (Lipinski definition) is 4. The van der Waals surface area contributed by atoms with Gasteiger partial charge in [0.15, 0.2) is 5.16 Å². The number of imidazole rings is 1. The lowest BCUT2D eigenvalue weighted by molar-refractivity contribution is -0.113. The van der Waals surface area contributed by atoms with Gasteiger partial charge in [-0.3, -0.25) is 4.79 Å². The monoisotopic (exact) mass is 367 g/mol. The molecular weight excluding hydrogens is 346 g/mol. The molecule has 0 aliphatic rings. The normalized spacial score (nSPS) is 10.6. The zero-order valence-corrected chi connectivity index (χ0v) is 15.8. The van der Waals surface area contributed by atoms with E-state index in [0.717, 1.165) is 33.4 Å². The van der Waals surface area contributed by atoms with Crippen molar-refractivity contribution in [2.24, 2.45) is 7.05 Å². The lowest BCUT2D eigenvalue weighted by Crippen LogP contribution is -2.14. The van der Waals surface area contributed by atoms with Crippen molar-refractivity contribution in [2.45, 2.75) is 12.1 Å². The number of amides is 1. The van der Waals surface area contributed by atoms with Gasteiger partial charge in [-0.1, -0.05) is 23.9 Å². The number of methoxy groups -OCH3 is 1. The number of nitrogens with zero attached hydrogens (tertiary/aromatic N) is 2. The molecule has 1 aromatic heterocycles. The van der Waals surface area contributed by atoms with Crippen LogP contribution < -0.4 is 10.1 Å². The van der Waals surface area contributed by atoms with Crippen molar-refractivity contribution in [3.63, 3.8) is 0 Å². The Labute approximate surface area is 157 Å². The van der Waals surface area contributed by atoms with Gasteiger partial charge in [0.1, 0.15) is 5.75 Å². The Hall–Kier alpha value is -2.73. The van der Waals surface area contributed by atoms with E-state index in [1.165, 1.54) is 11.8 Å². The standard InChI is InChI=1S/C20H21N3O2S/c1-14-5-4-6-16(11-14)22-19(24)13-26-20-21-12-18(23(20)2)15-7-9-17(25-3)10-8-15/h4-12H,13H2,1-3H3,(H,22,24). The molecule has 1 N–H and O–H groups in total. The van der Waals surface area contributed by atoms with Crippen LogP contribution in [-0.2, 0) is 11.8 Å². The summed E-state index contributed by atoms with van der Waals surface area (Å²) in [5.74, 6) is 1.08. The van der Waals surface area contributed by atoms with Crippen LogP contribution in [0.3, 0.4) is 0 Å². The first-order valence-electron chi connectivity index (χ1n) is 8.22. The van der Waals surface area contributed by atoms with Crippen LogP contribution >= 0.6 is 11.8 Å². The summed E-state index contributed by atoms with van der Waals surface area (Å²) in [5, 5.41) is 3.71. The minimum Gasteiger partial charge on any atom is -0.497 e. The fourth-order valence-electron chi connectivity index (χ4n) is 2.61. The van der Waals surface area contributed by atoms with Crippen molar-refractivity contribution in [2.75, 3.05) is 18.2 Å². The fourth-order valence-corrected chi connectivity index (χ4v) is 3.36.